The molecule has 1 heterocycles. The molecule has 1 N–H and O–H groups in total. The van der Waals surface area contributed by atoms with E-state index in [1.807, 2.05) is 67.6 Å². The standard InChI is InChI=1S/C18H16N2O2/c1-13-16(18(21)22-12-14-8-4-2-5-9-14)20-17(19-13)15-10-6-3-7-11-15/h2-11H,12H2,1H3,(H,19,20). The third-order valence-corrected chi connectivity index (χ3v) is 3.34. The van der Waals surface area contributed by atoms with Crippen LogP contribution in [0.25, 0.3) is 11.4 Å². The number of hydrogen-bond donors (Lipinski definition) is 1. The maximum absolute atomic E-state index is 12.2. The summed E-state index contributed by atoms with van der Waals surface area (Å²) in [6.45, 7) is 2.06. The summed E-state index contributed by atoms with van der Waals surface area (Å²) in [5, 5.41) is 0. The topological polar surface area (TPSA) is 55.0 Å². The molecule has 4 nitrogen and oxygen atoms in total. The van der Waals surface area contributed by atoms with Crippen LogP contribution in [-0.2, 0) is 11.3 Å². The van der Waals surface area contributed by atoms with Crippen LogP contribution >= 0.6 is 0 Å². The number of esters is 1. The van der Waals surface area contributed by atoms with E-state index in [1.54, 1.807) is 0 Å². The molecule has 0 radical (unpaired) electrons. The second-order valence-corrected chi connectivity index (χ2v) is 4.99. The Morgan fingerprint density at radius 2 is 1.68 bits per heavy atom. The molecule has 22 heavy (non-hydrogen) atoms. The van der Waals surface area contributed by atoms with Crippen LogP contribution in [0.5, 0.6) is 0 Å². The van der Waals surface area contributed by atoms with Crippen LogP contribution in [0.1, 0.15) is 21.7 Å². The van der Waals surface area contributed by atoms with E-state index in [1.165, 1.54) is 0 Å². The Bertz CT molecular complexity index is 764. The Balaban J connectivity index is 1.74. The monoisotopic (exact) mass is 292 g/mol. The molecule has 0 aliphatic rings. The van der Waals surface area contributed by atoms with Gasteiger partial charge in [-0.3, -0.25) is 0 Å². The average molecular weight is 292 g/mol. The third-order valence-electron chi connectivity index (χ3n) is 3.34. The van der Waals surface area contributed by atoms with E-state index < -0.39 is 5.97 Å². The molecule has 3 rings (SSSR count). The van der Waals surface area contributed by atoms with Crippen molar-refractivity contribution in [1.29, 1.82) is 0 Å². The zero-order chi connectivity index (χ0) is 15.4. The van der Waals surface area contributed by atoms with Crippen molar-refractivity contribution in [1.82, 2.24) is 9.97 Å². The number of aromatic nitrogens is 2. The van der Waals surface area contributed by atoms with Crippen LogP contribution in [0.2, 0.25) is 0 Å². The normalized spacial score (nSPS) is 10.4. The molecule has 0 spiro atoms. The number of benzene rings is 2. The number of hydrogen-bond acceptors (Lipinski definition) is 3. The summed E-state index contributed by atoms with van der Waals surface area (Å²) in [7, 11) is 0. The molecule has 0 fully saturated rings. The van der Waals surface area contributed by atoms with Gasteiger partial charge < -0.3 is 9.72 Å². The summed E-state index contributed by atoms with van der Waals surface area (Å²) in [4.78, 5) is 19.7. The molecule has 3 aromatic rings. The maximum atomic E-state index is 12.2. The minimum Gasteiger partial charge on any atom is -0.456 e. The molecule has 4 heteroatoms. The van der Waals surface area contributed by atoms with Crippen LogP contribution in [-0.4, -0.2) is 15.9 Å². The zero-order valence-electron chi connectivity index (χ0n) is 12.2. The van der Waals surface area contributed by atoms with Gasteiger partial charge in [0.15, 0.2) is 5.69 Å². The van der Waals surface area contributed by atoms with E-state index in [4.69, 9.17) is 4.74 Å². The highest BCUT2D eigenvalue weighted by atomic mass is 16.5. The third kappa shape index (κ3) is 3.06. The zero-order valence-corrected chi connectivity index (χ0v) is 12.2. The predicted molar refractivity (Wildman–Crippen MR) is 84.3 cm³/mol. The first kappa shape index (κ1) is 14.1. The fraction of sp³-hybridized carbons (Fsp3) is 0.111. The second-order valence-electron chi connectivity index (χ2n) is 4.99. The van der Waals surface area contributed by atoms with Crippen molar-refractivity contribution < 1.29 is 9.53 Å². The van der Waals surface area contributed by atoms with Crippen LogP contribution in [0.15, 0.2) is 60.7 Å². The lowest BCUT2D eigenvalue weighted by molar-refractivity contribution is 0.0465. The molecule has 2 aromatic carbocycles. The molecule has 0 unspecified atom stereocenters. The lowest BCUT2D eigenvalue weighted by Gasteiger charge is -2.03. The number of aryl methyl sites for hydroxylation is 1. The minimum absolute atomic E-state index is 0.243. The molecule has 1 aromatic heterocycles. The highest BCUT2D eigenvalue weighted by Gasteiger charge is 2.17. The number of carbonyl (C=O) groups is 1. The van der Waals surface area contributed by atoms with Gasteiger partial charge in [0, 0.05) is 11.3 Å². The lowest BCUT2D eigenvalue weighted by atomic mass is 10.2. The van der Waals surface area contributed by atoms with E-state index >= 15 is 0 Å². The summed E-state index contributed by atoms with van der Waals surface area (Å²) in [5.74, 6) is 0.254. The Hall–Kier alpha value is -2.88. The van der Waals surface area contributed by atoms with Gasteiger partial charge in [-0.1, -0.05) is 60.7 Å². The largest absolute Gasteiger partial charge is 0.456 e. The second kappa shape index (κ2) is 6.26. The van der Waals surface area contributed by atoms with E-state index in [-0.39, 0.29) is 6.61 Å². The van der Waals surface area contributed by atoms with Gasteiger partial charge in [0.2, 0.25) is 0 Å². The van der Waals surface area contributed by atoms with Gasteiger partial charge in [-0.2, -0.15) is 0 Å². The number of ether oxygens (including phenoxy) is 1. The van der Waals surface area contributed by atoms with Gasteiger partial charge in [0.25, 0.3) is 0 Å². The first-order valence-corrected chi connectivity index (χ1v) is 7.07. The van der Waals surface area contributed by atoms with Gasteiger partial charge in [-0.15, -0.1) is 0 Å². The van der Waals surface area contributed by atoms with Crippen molar-refractivity contribution in [2.75, 3.05) is 0 Å². The van der Waals surface area contributed by atoms with E-state index in [9.17, 15) is 4.79 Å². The quantitative estimate of drug-likeness (QED) is 0.745. The lowest BCUT2D eigenvalue weighted by Crippen LogP contribution is -2.07. The van der Waals surface area contributed by atoms with Crippen LogP contribution in [0, 0.1) is 6.92 Å². The molecule has 0 bridgehead atoms. The van der Waals surface area contributed by atoms with Crippen molar-refractivity contribution in [3.05, 3.63) is 77.6 Å². The van der Waals surface area contributed by atoms with Crippen molar-refractivity contribution in [3.63, 3.8) is 0 Å². The summed E-state index contributed by atoms with van der Waals surface area (Å²) < 4.78 is 5.32. The SMILES string of the molecule is Cc1[nH]c(-c2ccccc2)nc1C(=O)OCc1ccccc1. The smallest absolute Gasteiger partial charge is 0.359 e. The predicted octanol–water partition coefficient (Wildman–Crippen LogP) is 3.74. The first-order chi connectivity index (χ1) is 10.7. The Morgan fingerprint density at radius 3 is 2.36 bits per heavy atom. The maximum Gasteiger partial charge on any atom is 0.359 e. The van der Waals surface area contributed by atoms with Gasteiger partial charge in [0.1, 0.15) is 12.4 Å². The molecule has 0 atom stereocenters. The summed E-state index contributed by atoms with van der Waals surface area (Å²) in [6, 6.07) is 19.3. The van der Waals surface area contributed by atoms with E-state index in [0.717, 1.165) is 11.1 Å². The summed E-state index contributed by atoms with van der Waals surface area (Å²) >= 11 is 0. The number of imidazole rings is 1. The van der Waals surface area contributed by atoms with Crippen molar-refractivity contribution >= 4 is 5.97 Å². The van der Waals surface area contributed by atoms with Crippen LogP contribution in [0.3, 0.4) is 0 Å². The van der Waals surface area contributed by atoms with Crippen molar-refractivity contribution in [2.24, 2.45) is 0 Å². The van der Waals surface area contributed by atoms with E-state index in [2.05, 4.69) is 9.97 Å². The molecule has 110 valence electrons. The molecule has 0 aliphatic carbocycles. The van der Waals surface area contributed by atoms with Gasteiger partial charge in [-0.25, -0.2) is 9.78 Å². The van der Waals surface area contributed by atoms with Crippen LogP contribution < -0.4 is 0 Å². The number of nitrogens with zero attached hydrogens (tertiary/aromatic N) is 1. The van der Waals surface area contributed by atoms with Gasteiger partial charge in [-0.05, 0) is 12.5 Å². The fourth-order valence-corrected chi connectivity index (χ4v) is 2.18. The molecule has 0 aliphatic heterocycles. The highest BCUT2D eigenvalue weighted by Crippen LogP contribution is 2.18. The Kier molecular flexibility index (Phi) is 4.01. The Morgan fingerprint density at radius 1 is 1.05 bits per heavy atom. The Labute approximate surface area is 128 Å². The molecular weight excluding hydrogens is 276 g/mol. The highest BCUT2D eigenvalue weighted by molar-refractivity contribution is 5.89. The number of H-pyrrole nitrogens is 1. The number of carbonyl (C=O) groups excluding carboxylic acids is 1. The molecule has 0 saturated carbocycles. The molecule has 0 saturated heterocycles. The summed E-state index contributed by atoms with van der Waals surface area (Å²) in [5.41, 5.74) is 2.92. The van der Waals surface area contributed by atoms with E-state index in [0.29, 0.717) is 17.2 Å². The van der Waals surface area contributed by atoms with Crippen molar-refractivity contribution in [2.45, 2.75) is 13.5 Å². The molecule has 0 amide bonds. The van der Waals surface area contributed by atoms with Gasteiger partial charge in [0.05, 0.1) is 0 Å². The van der Waals surface area contributed by atoms with Gasteiger partial charge >= 0.3 is 5.97 Å². The number of rotatable bonds is 4. The number of nitrogens with one attached hydrogen (secondary N) is 1. The number of aromatic amines is 1. The van der Waals surface area contributed by atoms with Crippen molar-refractivity contribution in [3.8, 4) is 11.4 Å². The molecular formula is C18H16N2O2. The fourth-order valence-electron chi connectivity index (χ4n) is 2.18. The minimum atomic E-state index is -0.417. The first-order valence-electron chi connectivity index (χ1n) is 7.07. The average Bonchev–Trinajstić information content (AvgIpc) is 2.96. The summed E-state index contributed by atoms with van der Waals surface area (Å²) in [6.07, 6.45) is 0. The van der Waals surface area contributed by atoms with Crippen LogP contribution in [0.4, 0.5) is 0 Å².